The molecule has 3 nitrogen and oxygen atoms in total. The minimum absolute atomic E-state index is 0.120. The Labute approximate surface area is 119 Å². The first kappa shape index (κ1) is 13.3. The molecule has 2 aromatic rings. The van der Waals surface area contributed by atoms with E-state index >= 15 is 0 Å². The summed E-state index contributed by atoms with van der Waals surface area (Å²) in [5.74, 6) is 0. The van der Waals surface area contributed by atoms with Crippen LogP contribution in [0, 0.1) is 0 Å². The molecule has 0 amide bonds. The Morgan fingerprint density at radius 2 is 1.65 bits per heavy atom. The van der Waals surface area contributed by atoms with Crippen molar-refractivity contribution in [2.45, 2.75) is 30.2 Å². The van der Waals surface area contributed by atoms with Gasteiger partial charge in [-0.1, -0.05) is 42.5 Å². The highest BCUT2D eigenvalue weighted by Gasteiger charge is 2.25. The van der Waals surface area contributed by atoms with Gasteiger partial charge in [0.2, 0.25) is 10.0 Å². The van der Waals surface area contributed by atoms with Gasteiger partial charge in [-0.05, 0) is 42.5 Å². The summed E-state index contributed by atoms with van der Waals surface area (Å²) in [6, 6.07) is 16.5. The first-order chi connectivity index (χ1) is 9.67. The molecule has 4 heteroatoms. The molecule has 104 valence electrons. The minimum atomic E-state index is -3.45. The molecule has 0 aliphatic heterocycles. The molecule has 2 aromatic carbocycles. The van der Waals surface area contributed by atoms with Gasteiger partial charge in [0, 0.05) is 6.04 Å². The number of nitrogens with one attached hydrogen (secondary N) is 1. The predicted octanol–water partition coefficient (Wildman–Crippen LogP) is 3.04. The van der Waals surface area contributed by atoms with Crippen LogP contribution < -0.4 is 4.72 Å². The van der Waals surface area contributed by atoms with Gasteiger partial charge in [0.15, 0.2) is 0 Å². The summed E-state index contributed by atoms with van der Waals surface area (Å²) in [5, 5.41) is 0. The van der Waals surface area contributed by atoms with E-state index in [1.807, 2.05) is 24.3 Å². The Hall–Kier alpha value is -1.65. The van der Waals surface area contributed by atoms with Crippen molar-refractivity contribution < 1.29 is 8.42 Å². The Bertz CT molecular complexity index is 695. The molecule has 0 fully saturated rings. The molecule has 0 saturated heterocycles. The smallest absolute Gasteiger partial charge is 0.207 e. The number of aryl methyl sites for hydroxylation is 1. The van der Waals surface area contributed by atoms with Gasteiger partial charge in [-0.25, -0.2) is 13.1 Å². The Balaban J connectivity index is 1.90. The second kappa shape index (κ2) is 5.38. The maximum Gasteiger partial charge on any atom is 0.241 e. The summed E-state index contributed by atoms with van der Waals surface area (Å²) in [5.41, 5.74) is 2.36. The van der Waals surface area contributed by atoms with Crippen LogP contribution in [0.2, 0.25) is 0 Å². The van der Waals surface area contributed by atoms with Crippen LogP contribution in [0.3, 0.4) is 0 Å². The summed E-state index contributed by atoms with van der Waals surface area (Å²) in [6.07, 6.45) is 2.89. The van der Waals surface area contributed by atoms with Gasteiger partial charge in [-0.2, -0.15) is 0 Å². The largest absolute Gasteiger partial charge is 0.241 e. The van der Waals surface area contributed by atoms with Crippen molar-refractivity contribution >= 4 is 10.0 Å². The molecule has 0 aromatic heterocycles. The van der Waals surface area contributed by atoms with E-state index in [1.54, 1.807) is 24.3 Å². The Morgan fingerprint density at radius 3 is 2.45 bits per heavy atom. The van der Waals surface area contributed by atoms with Crippen molar-refractivity contribution in [1.29, 1.82) is 0 Å². The van der Waals surface area contributed by atoms with Gasteiger partial charge < -0.3 is 0 Å². The maximum absolute atomic E-state index is 12.4. The minimum Gasteiger partial charge on any atom is -0.207 e. The van der Waals surface area contributed by atoms with E-state index in [0.29, 0.717) is 4.90 Å². The summed E-state index contributed by atoms with van der Waals surface area (Å²) in [6.45, 7) is 0. The molecule has 0 spiro atoms. The molecule has 0 bridgehead atoms. The third kappa shape index (κ3) is 2.62. The van der Waals surface area contributed by atoms with Crippen LogP contribution >= 0.6 is 0 Å². The van der Waals surface area contributed by atoms with Crippen molar-refractivity contribution in [2.75, 3.05) is 0 Å². The van der Waals surface area contributed by atoms with E-state index < -0.39 is 10.0 Å². The number of benzene rings is 2. The molecule has 0 radical (unpaired) electrons. The van der Waals surface area contributed by atoms with E-state index in [-0.39, 0.29) is 6.04 Å². The molecule has 1 aliphatic rings. The molecule has 1 N–H and O–H groups in total. The lowest BCUT2D eigenvalue weighted by atomic mass is 9.88. The van der Waals surface area contributed by atoms with Gasteiger partial charge in [-0.15, -0.1) is 0 Å². The van der Waals surface area contributed by atoms with E-state index in [4.69, 9.17) is 0 Å². The number of fused-ring (bicyclic) bond motifs is 1. The van der Waals surface area contributed by atoms with Crippen molar-refractivity contribution in [3.8, 4) is 0 Å². The van der Waals surface area contributed by atoms with E-state index in [9.17, 15) is 8.42 Å². The maximum atomic E-state index is 12.4. The van der Waals surface area contributed by atoms with Crippen LogP contribution in [0.5, 0.6) is 0 Å². The lowest BCUT2D eigenvalue weighted by Gasteiger charge is -2.26. The summed E-state index contributed by atoms with van der Waals surface area (Å²) >= 11 is 0. The topological polar surface area (TPSA) is 46.2 Å². The highest BCUT2D eigenvalue weighted by molar-refractivity contribution is 7.89. The fourth-order valence-corrected chi connectivity index (χ4v) is 4.00. The standard InChI is InChI=1S/C16H17NO2S/c18-20(19,14-9-2-1-3-10-14)17-16-12-6-8-13-7-4-5-11-15(13)16/h1-5,7,9-11,16-17H,6,8,12H2. The quantitative estimate of drug-likeness (QED) is 0.943. The van der Waals surface area contributed by atoms with Gasteiger partial charge in [0.25, 0.3) is 0 Å². The summed E-state index contributed by atoms with van der Waals surface area (Å²) < 4.78 is 27.6. The van der Waals surface area contributed by atoms with Crippen LogP contribution in [0.1, 0.15) is 30.0 Å². The lowest BCUT2D eigenvalue weighted by Crippen LogP contribution is -2.31. The fourth-order valence-electron chi connectivity index (χ4n) is 2.73. The molecule has 0 heterocycles. The highest BCUT2D eigenvalue weighted by atomic mass is 32.2. The third-order valence-electron chi connectivity index (χ3n) is 3.72. The zero-order chi connectivity index (χ0) is 14.0. The molecule has 20 heavy (non-hydrogen) atoms. The Morgan fingerprint density at radius 1 is 0.950 bits per heavy atom. The average molecular weight is 287 g/mol. The first-order valence-electron chi connectivity index (χ1n) is 6.82. The number of sulfonamides is 1. The van der Waals surface area contributed by atoms with Crippen molar-refractivity contribution in [1.82, 2.24) is 4.72 Å². The van der Waals surface area contributed by atoms with Crippen LogP contribution in [-0.4, -0.2) is 8.42 Å². The SMILES string of the molecule is O=S(=O)(NC1CCCc2ccccc21)c1ccccc1. The van der Waals surface area contributed by atoms with Crippen LogP contribution in [-0.2, 0) is 16.4 Å². The number of rotatable bonds is 3. The number of hydrogen-bond donors (Lipinski definition) is 1. The van der Waals surface area contributed by atoms with Crippen LogP contribution in [0.4, 0.5) is 0 Å². The van der Waals surface area contributed by atoms with Crippen LogP contribution in [0.15, 0.2) is 59.5 Å². The second-order valence-electron chi connectivity index (χ2n) is 5.08. The summed E-state index contributed by atoms with van der Waals surface area (Å²) in [4.78, 5) is 0.322. The molecule has 1 aliphatic carbocycles. The lowest BCUT2D eigenvalue weighted by molar-refractivity contribution is 0.507. The zero-order valence-corrected chi connectivity index (χ0v) is 11.9. The van der Waals surface area contributed by atoms with Crippen molar-refractivity contribution in [2.24, 2.45) is 0 Å². The monoisotopic (exact) mass is 287 g/mol. The molecule has 1 atom stereocenters. The van der Waals surface area contributed by atoms with Gasteiger partial charge in [0.1, 0.15) is 0 Å². The van der Waals surface area contributed by atoms with E-state index in [2.05, 4.69) is 10.8 Å². The van der Waals surface area contributed by atoms with Crippen molar-refractivity contribution in [3.05, 3.63) is 65.7 Å². The van der Waals surface area contributed by atoms with E-state index in [1.165, 1.54) is 5.56 Å². The van der Waals surface area contributed by atoms with Gasteiger partial charge >= 0.3 is 0 Å². The van der Waals surface area contributed by atoms with Crippen LogP contribution in [0.25, 0.3) is 0 Å². The van der Waals surface area contributed by atoms with Gasteiger partial charge in [-0.3, -0.25) is 0 Å². The molecule has 0 saturated carbocycles. The summed E-state index contributed by atoms with van der Waals surface area (Å²) in [7, 11) is -3.45. The number of hydrogen-bond acceptors (Lipinski definition) is 2. The van der Waals surface area contributed by atoms with Gasteiger partial charge in [0.05, 0.1) is 4.90 Å². The average Bonchev–Trinajstić information content (AvgIpc) is 2.48. The highest BCUT2D eigenvalue weighted by Crippen LogP contribution is 2.30. The second-order valence-corrected chi connectivity index (χ2v) is 6.79. The molecular weight excluding hydrogens is 270 g/mol. The third-order valence-corrected chi connectivity index (χ3v) is 5.21. The van der Waals surface area contributed by atoms with Crippen molar-refractivity contribution in [3.63, 3.8) is 0 Å². The predicted molar refractivity (Wildman–Crippen MR) is 78.9 cm³/mol. The first-order valence-corrected chi connectivity index (χ1v) is 8.30. The molecule has 1 unspecified atom stereocenters. The fraction of sp³-hybridized carbons (Fsp3) is 0.250. The normalized spacial score (nSPS) is 18.5. The Kier molecular flexibility index (Phi) is 3.59. The zero-order valence-electron chi connectivity index (χ0n) is 11.1. The van der Waals surface area contributed by atoms with E-state index in [0.717, 1.165) is 24.8 Å². The molecule has 3 rings (SSSR count). The molecular formula is C16H17NO2S.